The van der Waals surface area contributed by atoms with Gasteiger partial charge in [0, 0.05) is 11.8 Å². The molecule has 1 fully saturated rings. The van der Waals surface area contributed by atoms with Crippen molar-refractivity contribution in [2.24, 2.45) is 0 Å². The summed E-state index contributed by atoms with van der Waals surface area (Å²) in [5.74, 6) is 2.37. The highest BCUT2D eigenvalue weighted by atomic mass is 32.1. The number of anilines is 3. The van der Waals surface area contributed by atoms with Crippen molar-refractivity contribution in [3.8, 4) is 17.4 Å². The molecule has 1 amide bonds. The Kier molecular flexibility index (Phi) is 7.34. The van der Waals surface area contributed by atoms with Gasteiger partial charge in [0.15, 0.2) is 0 Å². The lowest BCUT2D eigenvalue weighted by Gasteiger charge is -2.29. The molecule has 2 aromatic heterocycles. The second kappa shape index (κ2) is 11.0. The summed E-state index contributed by atoms with van der Waals surface area (Å²) in [5.41, 5.74) is 3.45. The minimum Gasteiger partial charge on any atom is -0.495 e. The highest BCUT2D eigenvalue weighted by Gasteiger charge is 2.20. The van der Waals surface area contributed by atoms with Crippen LogP contribution >= 0.6 is 11.3 Å². The zero-order valence-electron chi connectivity index (χ0n) is 20.9. The van der Waals surface area contributed by atoms with Crippen molar-refractivity contribution in [2.75, 3.05) is 37.9 Å². The van der Waals surface area contributed by atoms with Crippen molar-refractivity contribution in [3.63, 3.8) is 0 Å². The van der Waals surface area contributed by atoms with Crippen LogP contribution in [0.15, 0.2) is 66.6 Å². The van der Waals surface area contributed by atoms with Crippen LogP contribution in [0.5, 0.6) is 17.4 Å². The number of carbonyl (C=O) groups excluding carboxylic acids is 1. The van der Waals surface area contributed by atoms with Gasteiger partial charge in [-0.2, -0.15) is 4.98 Å². The molecule has 0 unspecified atom stereocenters. The monoisotopic (exact) mass is 515 g/mol. The van der Waals surface area contributed by atoms with Gasteiger partial charge < -0.3 is 25.0 Å². The van der Waals surface area contributed by atoms with Crippen molar-refractivity contribution >= 4 is 44.8 Å². The van der Waals surface area contributed by atoms with Crippen LogP contribution in [-0.2, 0) is 4.79 Å². The summed E-state index contributed by atoms with van der Waals surface area (Å²) in [6.45, 7) is 5.70. The summed E-state index contributed by atoms with van der Waals surface area (Å²) in [4.78, 5) is 23.4. The van der Waals surface area contributed by atoms with E-state index < -0.39 is 0 Å². The molecule has 0 spiro atoms. The van der Waals surface area contributed by atoms with Crippen molar-refractivity contribution in [3.05, 3.63) is 72.1 Å². The molecule has 0 atom stereocenters. The van der Waals surface area contributed by atoms with Gasteiger partial charge in [-0.25, -0.2) is 4.98 Å². The number of piperidine rings is 1. The number of benzene rings is 2. The van der Waals surface area contributed by atoms with Crippen LogP contribution < -0.4 is 20.1 Å². The molecule has 9 heteroatoms. The first-order valence-electron chi connectivity index (χ1n) is 12.1. The Labute approximate surface area is 220 Å². The van der Waals surface area contributed by atoms with Gasteiger partial charge in [0.25, 0.3) is 0 Å². The minimum atomic E-state index is -0.290. The van der Waals surface area contributed by atoms with Gasteiger partial charge in [0.05, 0.1) is 18.3 Å². The number of aromatic nitrogens is 2. The molecule has 0 saturated carbocycles. The van der Waals surface area contributed by atoms with E-state index in [2.05, 4.69) is 51.3 Å². The largest absolute Gasteiger partial charge is 0.495 e. The Bertz CT molecular complexity index is 1430. The van der Waals surface area contributed by atoms with Crippen LogP contribution in [0, 0.1) is 0 Å². The van der Waals surface area contributed by atoms with Crippen molar-refractivity contribution in [1.29, 1.82) is 0 Å². The number of ether oxygens (including phenoxy) is 2. The molecule has 8 nitrogen and oxygen atoms in total. The smallest absolute Gasteiger partial charge is 0.247 e. The van der Waals surface area contributed by atoms with Crippen LogP contribution in [-0.4, -0.2) is 48.0 Å². The van der Waals surface area contributed by atoms with Crippen LogP contribution in [0.2, 0.25) is 0 Å². The first kappa shape index (κ1) is 24.7. The quantitative estimate of drug-likeness (QED) is 0.271. The van der Waals surface area contributed by atoms with E-state index in [1.54, 1.807) is 25.3 Å². The Hall–Kier alpha value is -3.95. The second-order valence-electron chi connectivity index (χ2n) is 8.97. The van der Waals surface area contributed by atoms with Crippen molar-refractivity contribution in [2.45, 2.75) is 18.8 Å². The maximum atomic E-state index is 11.7. The SMILES string of the molecule is C=CC(=O)Nc1cccc(Oc2nc(Nc3ccc(C4CCN(C)CC4)cc3OC)nc3ccsc23)c1. The van der Waals surface area contributed by atoms with Crippen molar-refractivity contribution < 1.29 is 14.3 Å². The lowest BCUT2D eigenvalue weighted by Crippen LogP contribution is -2.29. The second-order valence-corrected chi connectivity index (χ2v) is 9.89. The lowest BCUT2D eigenvalue weighted by atomic mass is 9.89. The number of nitrogens with one attached hydrogen (secondary N) is 2. The Balaban J connectivity index is 1.40. The molecule has 1 aliphatic rings. The van der Waals surface area contributed by atoms with E-state index in [9.17, 15) is 4.79 Å². The Morgan fingerprint density at radius 1 is 1.16 bits per heavy atom. The van der Waals surface area contributed by atoms with E-state index in [0.717, 1.165) is 47.6 Å². The first-order chi connectivity index (χ1) is 18.0. The molecular weight excluding hydrogens is 486 g/mol. The number of hydrogen-bond donors (Lipinski definition) is 2. The highest BCUT2D eigenvalue weighted by Crippen LogP contribution is 2.37. The molecule has 2 aromatic carbocycles. The summed E-state index contributed by atoms with van der Waals surface area (Å²) >= 11 is 1.50. The van der Waals surface area contributed by atoms with Crippen LogP contribution in [0.3, 0.4) is 0 Å². The number of fused-ring (bicyclic) bond motifs is 1. The normalized spacial score (nSPS) is 14.3. The fourth-order valence-corrected chi connectivity index (χ4v) is 5.19. The zero-order valence-corrected chi connectivity index (χ0v) is 21.7. The topological polar surface area (TPSA) is 88.6 Å². The van der Waals surface area contributed by atoms with E-state index >= 15 is 0 Å². The molecule has 0 bridgehead atoms. The van der Waals surface area contributed by atoms with E-state index in [-0.39, 0.29) is 5.91 Å². The molecule has 1 aliphatic heterocycles. The molecule has 190 valence electrons. The molecule has 2 N–H and O–H groups in total. The van der Waals surface area contributed by atoms with Gasteiger partial charge in [-0.05, 0) is 86.2 Å². The van der Waals surface area contributed by atoms with Crippen LogP contribution in [0.4, 0.5) is 17.3 Å². The molecule has 1 saturated heterocycles. The Morgan fingerprint density at radius 3 is 2.78 bits per heavy atom. The summed E-state index contributed by atoms with van der Waals surface area (Å²) in [7, 11) is 3.85. The molecule has 37 heavy (non-hydrogen) atoms. The summed E-state index contributed by atoms with van der Waals surface area (Å²) < 4.78 is 12.7. The number of thiophene rings is 1. The number of methoxy groups -OCH3 is 1. The average Bonchev–Trinajstić information content (AvgIpc) is 3.39. The van der Waals surface area contributed by atoms with E-state index in [1.807, 2.05) is 23.6 Å². The average molecular weight is 516 g/mol. The molecule has 0 aliphatic carbocycles. The van der Waals surface area contributed by atoms with Crippen LogP contribution in [0.25, 0.3) is 10.2 Å². The number of carbonyl (C=O) groups is 1. The Morgan fingerprint density at radius 2 is 2.00 bits per heavy atom. The number of nitrogens with zero attached hydrogens (tertiary/aromatic N) is 3. The van der Waals surface area contributed by atoms with Gasteiger partial charge in [0.1, 0.15) is 16.2 Å². The standard InChI is InChI=1S/C28H29N5O3S/c1-4-25(34)29-20-6-5-7-21(17-20)36-27-26-23(12-15-37-26)31-28(32-27)30-22-9-8-19(16-24(22)35-3)18-10-13-33(2)14-11-18/h4-9,12,15-18H,1,10-11,13-14H2,2-3H3,(H,29,34)(H,30,31,32). The predicted molar refractivity (Wildman–Crippen MR) is 149 cm³/mol. The molecule has 0 radical (unpaired) electrons. The molecule has 4 aromatic rings. The van der Waals surface area contributed by atoms with Crippen LogP contribution in [0.1, 0.15) is 24.3 Å². The van der Waals surface area contributed by atoms with Gasteiger partial charge >= 0.3 is 0 Å². The summed E-state index contributed by atoms with van der Waals surface area (Å²) in [5, 5.41) is 8.01. The van der Waals surface area contributed by atoms with Gasteiger partial charge in [-0.1, -0.05) is 18.7 Å². The van der Waals surface area contributed by atoms with Gasteiger partial charge in [0.2, 0.25) is 17.7 Å². The van der Waals surface area contributed by atoms with Gasteiger partial charge in [-0.3, -0.25) is 4.79 Å². The fourth-order valence-electron chi connectivity index (χ4n) is 4.43. The molecular formula is C28H29N5O3S. The minimum absolute atomic E-state index is 0.290. The number of rotatable bonds is 8. The highest BCUT2D eigenvalue weighted by molar-refractivity contribution is 7.17. The third kappa shape index (κ3) is 5.73. The van der Waals surface area contributed by atoms with E-state index in [1.165, 1.54) is 23.0 Å². The van der Waals surface area contributed by atoms with E-state index in [4.69, 9.17) is 9.47 Å². The lowest BCUT2D eigenvalue weighted by molar-refractivity contribution is -0.111. The zero-order chi connectivity index (χ0) is 25.8. The number of likely N-dealkylation sites (tertiary alicyclic amines) is 1. The predicted octanol–water partition coefficient (Wildman–Crippen LogP) is 6.17. The number of hydrogen-bond acceptors (Lipinski definition) is 8. The van der Waals surface area contributed by atoms with Gasteiger partial charge in [-0.15, -0.1) is 11.3 Å². The third-order valence-corrected chi connectivity index (χ3v) is 7.33. The van der Waals surface area contributed by atoms with Crippen molar-refractivity contribution in [1.82, 2.24) is 14.9 Å². The molecule has 3 heterocycles. The fraction of sp³-hybridized carbons (Fsp3) is 0.250. The number of amides is 1. The maximum Gasteiger partial charge on any atom is 0.247 e. The maximum absolute atomic E-state index is 11.7. The third-order valence-electron chi connectivity index (χ3n) is 6.44. The first-order valence-corrected chi connectivity index (χ1v) is 13.0. The summed E-state index contributed by atoms with van der Waals surface area (Å²) in [6.07, 6.45) is 3.51. The van der Waals surface area contributed by atoms with E-state index in [0.29, 0.717) is 29.2 Å². The molecule has 5 rings (SSSR count). The summed E-state index contributed by atoms with van der Waals surface area (Å²) in [6, 6.07) is 15.4.